The van der Waals surface area contributed by atoms with E-state index in [0.29, 0.717) is 76.9 Å². The summed E-state index contributed by atoms with van der Waals surface area (Å²) in [6, 6.07) is 10.3. The molecule has 44 heavy (non-hydrogen) atoms. The Balaban J connectivity index is 0.00000474. The largest absolute Gasteiger partial charge is 0.378 e. The maximum atomic E-state index is 12.5. The Bertz CT molecular complexity index is 1050. The Kier molecular flexibility index (Phi) is 23.7. The van der Waals surface area contributed by atoms with Crippen molar-refractivity contribution in [2.24, 2.45) is 5.73 Å². The molecule has 0 spiro atoms. The van der Waals surface area contributed by atoms with E-state index in [4.69, 9.17) is 15.2 Å². The average Bonchev–Trinajstić information content (AvgIpc) is 3.04. The topological polar surface area (TPSA) is 148 Å². The van der Waals surface area contributed by atoms with E-state index in [1.54, 1.807) is 0 Å². The van der Waals surface area contributed by atoms with Crippen LogP contribution in [0.2, 0.25) is 0 Å². The number of nitrogens with two attached hydrogens (primary N) is 1. The number of benzene rings is 1. The van der Waals surface area contributed by atoms with E-state index in [-0.39, 0.29) is 5.91 Å². The number of ether oxygens (including phenoxy) is 2. The Morgan fingerprint density at radius 3 is 2.16 bits per heavy atom. The van der Waals surface area contributed by atoms with Crippen LogP contribution in [0.5, 0.6) is 0 Å². The van der Waals surface area contributed by atoms with Crippen LogP contribution in [0.3, 0.4) is 0 Å². The second-order valence-corrected chi connectivity index (χ2v) is 9.64. The van der Waals surface area contributed by atoms with E-state index >= 15 is 0 Å². The van der Waals surface area contributed by atoms with Gasteiger partial charge in [0.15, 0.2) is 0 Å². The summed E-state index contributed by atoms with van der Waals surface area (Å²) in [5, 5.41) is 12.8. The van der Waals surface area contributed by atoms with Crippen molar-refractivity contribution < 1.29 is 14.3 Å². The Hall–Kier alpha value is -3.54. The van der Waals surface area contributed by atoms with E-state index in [9.17, 15) is 4.79 Å². The van der Waals surface area contributed by atoms with Gasteiger partial charge >= 0.3 is 0 Å². The highest BCUT2D eigenvalue weighted by Gasteiger charge is 2.07. The number of rotatable bonds is 24. The van der Waals surface area contributed by atoms with Crippen LogP contribution in [-0.4, -0.2) is 80.0 Å². The molecule has 0 aliphatic rings. The first kappa shape index (κ1) is 38.5. The highest BCUT2D eigenvalue weighted by Crippen LogP contribution is 2.11. The van der Waals surface area contributed by atoms with Gasteiger partial charge in [-0.1, -0.05) is 89.1 Å². The summed E-state index contributed by atoms with van der Waals surface area (Å²) in [7, 11) is 0. The van der Waals surface area contributed by atoms with E-state index in [0.717, 1.165) is 44.2 Å². The van der Waals surface area contributed by atoms with Crippen molar-refractivity contribution in [2.75, 3.05) is 75.1 Å². The van der Waals surface area contributed by atoms with Crippen LogP contribution in [0.15, 0.2) is 54.1 Å². The van der Waals surface area contributed by atoms with Crippen molar-refractivity contribution in [3.63, 3.8) is 0 Å². The first-order valence-electron chi connectivity index (χ1n) is 16.1. The molecule has 1 aromatic heterocycles. The number of amides is 1. The summed E-state index contributed by atoms with van der Waals surface area (Å²) >= 11 is 0. The molecule has 2 aromatic rings. The normalized spacial score (nSPS) is 11.2. The molecule has 11 nitrogen and oxygen atoms in total. The Labute approximate surface area is 264 Å². The molecule has 1 aromatic carbocycles. The van der Waals surface area contributed by atoms with Gasteiger partial charge in [-0.15, -0.1) is 0 Å². The third-order valence-corrected chi connectivity index (χ3v) is 5.96. The van der Waals surface area contributed by atoms with Crippen LogP contribution in [0.1, 0.15) is 65.4 Å². The van der Waals surface area contributed by atoms with E-state index < -0.39 is 0 Å². The standard InChI is InChI=1S/C31H50N8O3.C2H6/c1-3-5-11-27(25-28(40)33-20-22-42-24-23-41-21-16-32)14-10-18-35-30-37-29(34-17-6-4-2)38-31(39-30)36-19-15-26-12-8-7-9-13-26;1-2/h7-14H,3-6,15-25,32H2,1-2H3,(H,33,40)(H3,34,35,36,37,38,39);1-2H3/b14-10-,27-11+;. The smallest absolute Gasteiger partial charge is 0.229 e. The van der Waals surface area contributed by atoms with Gasteiger partial charge in [0, 0.05) is 32.7 Å². The molecular formula is C33H56N8O3. The van der Waals surface area contributed by atoms with Gasteiger partial charge in [-0.2, -0.15) is 15.0 Å². The van der Waals surface area contributed by atoms with Crippen molar-refractivity contribution in [2.45, 2.75) is 66.2 Å². The molecular weight excluding hydrogens is 556 g/mol. The van der Waals surface area contributed by atoms with Crippen molar-refractivity contribution in [1.29, 1.82) is 0 Å². The van der Waals surface area contributed by atoms with Crippen LogP contribution < -0.4 is 27.0 Å². The maximum absolute atomic E-state index is 12.5. The number of aromatic nitrogens is 3. The number of unbranched alkanes of at least 4 members (excludes halogenated alkanes) is 2. The minimum absolute atomic E-state index is 0.0376. The summed E-state index contributed by atoms with van der Waals surface area (Å²) in [5.74, 6) is 1.52. The van der Waals surface area contributed by atoms with Gasteiger partial charge in [-0.05, 0) is 30.4 Å². The van der Waals surface area contributed by atoms with Crippen LogP contribution in [0.25, 0.3) is 0 Å². The van der Waals surface area contributed by atoms with Crippen molar-refractivity contribution in [1.82, 2.24) is 20.3 Å². The lowest BCUT2D eigenvalue weighted by Crippen LogP contribution is -2.27. The third-order valence-electron chi connectivity index (χ3n) is 5.96. The molecule has 0 atom stereocenters. The second kappa shape index (κ2) is 27.0. The van der Waals surface area contributed by atoms with Gasteiger partial charge < -0.3 is 36.5 Å². The summed E-state index contributed by atoms with van der Waals surface area (Å²) in [5.41, 5.74) is 7.60. The number of hydrogen-bond donors (Lipinski definition) is 5. The summed E-state index contributed by atoms with van der Waals surface area (Å²) in [6.45, 7) is 13.2. The summed E-state index contributed by atoms with van der Waals surface area (Å²) in [6.07, 6.45) is 11.3. The molecule has 0 saturated heterocycles. The molecule has 0 unspecified atom stereocenters. The molecule has 246 valence electrons. The first-order chi connectivity index (χ1) is 21.6. The highest BCUT2D eigenvalue weighted by molar-refractivity contribution is 5.79. The van der Waals surface area contributed by atoms with E-state index in [1.165, 1.54) is 5.56 Å². The quantitative estimate of drug-likeness (QED) is 0.0814. The van der Waals surface area contributed by atoms with E-state index in [2.05, 4.69) is 68.3 Å². The van der Waals surface area contributed by atoms with Crippen molar-refractivity contribution in [3.05, 3.63) is 59.7 Å². The molecule has 0 bridgehead atoms. The molecule has 0 radical (unpaired) electrons. The molecule has 11 heteroatoms. The van der Waals surface area contributed by atoms with E-state index in [1.807, 2.05) is 44.2 Å². The fourth-order valence-corrected chi connectivity index (χ4v) is 3.76. The lowest BCUT2D eigenvalue weighted by atomic mass is 10.1. The van der Waals surface area contributed by atoms with Gasteiger partial charge in [0.1, 0.15) is 0 Å². The zero-order valence-corrected chi connectivity index (χ0v) is 27.4. The second-order valence-electron chi connectivity index (χ2n) is 9.64. The van der Waals surface area contributed by atoms with Crippen LogP contribution in [-0.2, 0) is 20.7 Å². The zero-order valence-electron chi connectivity index (χ0n) is 27.4. The van der Waals surface area contributed by atoms with Crippen molar-refractivity contribution in [3.8, 4) is 0 Å². The zero-order chi connectivity index (χ0) is 32.1. The van der Waals surface area contributed by atoms with Gasteiger partial charge in [0.2, 0.25) is 23.8 Å². The number of nitrogens with one attached hydrogen (secondary N) is 4. The number of anilines is 3. The number of allylic oxidation sites excluding steroid dienone is 2. The molecule has 0 saturated carbocycles. The van der Waals surface area contributed by atoms with Crippen LogP contribution in [0.4, 0.5) is 17.8 Å². The molecule has 0 fully saturated rings. The first-order valence-corrected chi connectivity index (χ1v) is 16.1. The maximum Gasteiger partial charge on any atom is 0.229 e. The number of carbonyl (C=O) groups excluding carboxylic acids is 1. The van der Waals surface area contributed by atoms with Gasteiger partial charge in [0.05, 0.1) is 32.8 Å². The number of nitrogens with zero attached hydrogens (tertiary/aromatic N) is 3. The minimum atomic E-state index is -0.0376. The SMILES string of the molecule is CC.CCC/C=C(\C=C/CNc1nc(NCCCC)nc(NCCc2ccccc2)n1)CC(=O)NCCOCCOCCN. The third kappa shape index (κ3) is 19.6. The Morgan fingerprint density at radius 1 is 0.841 bits per heavy atom. The summed E-state index contributed by atoms with van der Waals surface area (Å²) in [4.78, 5) is 26.1. The Morgan fingerprint density at radius 2 is 1.50 bits per heavy atom. The van der Waals surface area contributed by atoms with Crippen molar-refractivity contribution >= 4 is 23.8 Å². The van der Waals surface area contributed by atoms with Gasteiger partial charge in [-0.25, -0.2) is 0 Å². The lowest BCUT2D eigenvalue weighted by Gasteiger charge is -2.11. The number of carbonyl (C=O) groups is 1. The highest BCUT2D eigenvalue weighted by atomic mass is 16.5. The fraction of sp³-hybridized carbons (Fsp3) is 0.576. The molecule has 1 heterocycles. The predicted octanol–water partition coefficient (Wildman–Crippen LogP) is 4.96. The summed E-state index contributed by atoms with van der Waals surface area (Å²) < 4.78 is 10.7. The predicted molar refractivity (Wildman–Crippen MR) is 182 cm³/mol. The molecule has 0 aliphatic carbocycles. The lowest BCUT2D eigenvalue weighted by molar-refractivity contribution is -0.120. The number of hydrogen-bond acceptors (Lipinski definition) is 10. The molecule has 0 aliphatic heterocycles. The van der Waals surface area contributed by atoms with Crippen LogP contribution in [0, 0.1) is 0 Å². The molecule has 6 N–H and O–H groups in total. The van der Waals surface area contributed by atoms with Crippen LogP contribution >= 0.6 is 0 Å². The fourth-order valence-electron chi connectivity index (χ4n) is 3.76. The molecule has 1 amide bonds. The average molecular weight is 613 g/mol. The monoisotopic (exact) mass is 612 g/mol. The van der Waals surface area contributed by atoms with Gasteiger partial charge in [-0.3, -0.25) is 4.79 Å². The van der Waals surface area contributed by atoms with Gasteiger partial charge in [0.25, 0.3) is 0 Å². The molecule has 2 rings (SSSR count). The minimum Gasteiger partial charge on any atom is -0.378 e.